The van der Waals surface area contributed by atoms with Crippen LogP contribution in [-0.2, 0) is 16.2 Å². The molecule has 0 saturated carbocycles. The fourth-order valence-electron chi connectivity index (χ4n) is 12.3. The van der Waals surface area contributed by atoms with E-state index in [4.69, 9.17) is 0 Å². The zero-order valence-electron chi connectivity index (χ0n) is 39.2. The minimum atomic E-state index is -0.489. The van der Waals surface area contributed by atoms with E-state index in [1.54, 1.807) is 0 Å². The van der Waals surface area contributed by atoms with Crippen molar-refractivity contribution in [1.82, 2.24) is 0 Å². The molecule has 1 spiro atoms. The van der Waals surface area contributed by atoms with E-state index in [0.717, 1.165) is 23.5 Å². The third kappa shape index (κ3) is 6.08. The van der Waals surface area contributed by atoms with Crippen LogP contribution in [0.25, 0.3) is 66.4 Å². The van der Waals surface area contributed by atoms with Crippen LogP contribution in [0.3, 0.4) is 0 Å². The Labute approximate surface area is 401 Å². The van der Waals surface area contributed by atoms with E-state index < -0.39 is 5.41 Å². The molecule has 0 aromatic heterocycles. The van der Waals surface area contributed by atoms with Gasteiger partial charge in [0.25, 0.3) is 0 Å². The van der Waals surface area contributed by atoms with Crippen molar-refractivity contribution in [2.24, 2.45) is 0 Å². The Kier molecular flexibility index (Phi) is 9.02. The predicted octanol–water partition coefficient (Wildman–Crippen LogP) is 18.0. The van der Waals surface area contributed by atoms with Crippen molar-refractivity contribution >= 4 is 27.8 Å². The predicted molar refractivity (Wildman–Crippen MR) is 287 cm³/mol. The highest BCUT2D eigenvalue weighted by molar-refractivity contribution is 6.00. The standard InChI is InChI=1S/C67H53N/c1-65(2)38-39-66(3,4)63-41-50(32-37-61(63)65)56-42-57-55-22-12-15-25-60(55)67(58-23-13-10-20-53(58)54-21-11-14-24-59(54)67)62(57)43-64(56)68(51-33-28-46(29-34-51)44-16-6-5-7-17-44)52-35-30-47(31-36-52)49-27-26-45-18-8-9-19-48(45)40-49/h5-37,40-43H,38-39H2,1-4H3. The van der Waals surface area contributed by atoms with E-state index in [9.17, 15) is 0 Å². The van der Waals surface area contributed by atoms with Gasteiger partial charge in [-0.05, 0) is 160 Å². The molecule has 0 radical (unpaired) electrons. The van der Waals surface area contributed by atoms with Crippen LogP contribution in [0, 0.1) is 0 Å². The number of nitrogens with zero attached hydrogens (tertiary/aromatic N) is 1. The van der Waals surface area contributed by atoms with Gasteiger partial charge in [0, 0.05) is 16.9 Å². The lowest BCUT2D eigenvalue weighted by Crippen LogP contribution is -2.33. The number of fused-ring (bicyclic) bond motifs is 12. The smallest absolute Gasteiger partial charge is 0.0726 e. The van der Waals surface area contributed by atoms with Crippen LogP contribution in [0.4, 0.5) is 17.1 Å². The molecule has 0 heterocycles. The zero-order valence-corrected chi connectivity index (χ0v) is 39.2. The molecule has 0 fully saturated rings. The molecule has 0 aliphatic heterocycles. The summed E-state index contributed by atoms with van der Waals surface area (Å²) >= 11 is 0. The lowest BCUT2D eigenvalue weighted by Gasteiger charge is -2.42. The monoisotopic (exact) mass is 871 g/mol. The molecule has 326 valence electrons. The lowest BCUT2D eigenvalue weighted by atomic mass is 9.63. The molecule has 1 nitrogen and oxygen atoms in total. The number of rotatable bonds is 6. The Balaban J connectivity index is 1.10. The summed E-state index contributed by atoms with van der Waals surface area (Å²) < 4.78 is 0. The third-order valence-electron chi connectivity index (χ3n) is 16.0. The van der Waals surface area contributed by atoms with Crippen molar-refractivity contribution in [3.05, 3.63) is 258 Å². The van der Waals surface area contributed by atoms with Crippen LogP contribution in [0.1, 0.15) is 73.9 Å². The largest absolute Gasteiger partial charge is 0.310 e. The van der Waals surface area contributed by atoms with Crippen molar-refractivity contribution in [2.45, 2.75) is 56.8 Å². The maximum absolute atomic E-state index is 2.58. The quantitative estimate of drug-likeness (QED) is 0.161. The highest BCUT2D eigenvalue weighted by Gasteiger charge is 2.52. The summed E-state index contributed by atoms with van der Waals surface area (Å²) in [6, 6.07) is 84.7. The molecule has 68 heavy (non-hydrogen) atoms. The van der Waals surface area contributed by atoms with Crippen LogP contribution in [0.5, 0.6) is 0 Å². The van der Waals surface area contributed by atoms with Gasteiger partial charge in [0.05, 0.1) is 11.1 Å². The topological polar surface area (TPSA) is 3.24 Å². The van der Waals surface area contributed by atoms with Gasteiger partial charge in [0.15, 0.2) is 0 Å². The fourth-order valence-corrected chi connectivity index (χ4v) is 12.3. The normalized spacial score (nSPS) is 15.3. The SMILES string of the molecule is CC1(C)CCC(C)(C)c2cc(-c3cc4c(cc3N(c3ccc(-c5ccccc5)cc3)c3ccc(-c5ccc6ccccc6c5)cc3)C3(c5ccccc5-c5ccccc53)c3ccccc3-4)ccc21. The molecule has 3 aliphatic rings. The highest BCUT2D eigenvalue weighted by atomic mass is 15.1. The molecular formula is C67H53N. The van der Waals surface area contributed by atoms with Gasteiger partial charge in [-0.2, -0.15) is 0 Å². The van der Waals surface area contributed by atoms with Crippen LogP contribution in [-0.4, -0.2) is 0 Å². The van der Waals surface area contributed by atoms with E-state index in [1.165, 1.54) is 106 Å². The number of hydrogen-bond donors (Lipinski definition) is 0. The molecule has 0 N–H and O–H groups in total. The molecule has 10 aromatic carbocycles. The van der Waals surface area contributed by atoms with Gasteiger partial charge >= 0.3 is 0 Å². The molecule has 3 aliphatic carbocycles. The maximum atomic E-state index is 2.58. The summed E-state index contributed by atoms with van der Waals surface area (Å²) in [5.74, 6) is 0. The second-order valence-electron chi connectivity index (χ2n) is 20.7. The molecule has 0 bridgehead atoms. The van der Waals surface area contributed by atoms with Crippen molar-refractivity contribution in [3.8, 4) is 55.6 Å². The van der Waals surface area contributed by atoms with E-state index in [-0.39, 0.29) is 10.8 Å². The van der Waals surface area contributed by atoms with Gasteiger partial charge < -0.3 is 4.90 Å². The minimum Gasteiger partial charge on any atom is -0.310 e. The van der Waals surface area contributed by atoms with Gasteiger partial charge in [-0.15, -0.1) is 0 Å². The summed E-state index contributed by atoms with van der Waals surface area (Å²) in [4.78, 5) is 2.53. The summed E-state index contributed by atoms with van der Waals surface area (Å²) in [5.41, 5.74) is 23.9. The van der Waals surface area contributed by atoms with E-state index in [2.05, 4.69) is 257 Å². The second-order valence-corrected chi connectivity index (χ2v) is 20.7. The summed E-state index contributed by atoms with van der Waals surface area (Å²) in [6.45, 7) is 9.75. The van der Waals surface area contributed by atoms with Crippen molar-refractivity contribution in [2.75, 3.05) is 4.90 Å². The van der Waals surface area contributed by atoms with Crippen LogP contribution in [0.15, 0.2) is 224 Å². The lowest BCUT2D eigenvalue weighted by molar-refractivity contribution is 0.332. The van der Waals surface area contributed by atoms with E-state index in [1.807, 2.05) is 0 Å². The molecule has 0 amide bonds. The first-order valence-electron chi connectivity index (χ1n) is 24.4. The first-order valence-corrected chi connectivity index (χ1v) is 24.4. The maximum Gasteiger partial charge on any atom is 0.0726 e. The summed E-state index contributed by atoms with van der Waals surface area (Å²) in [5, 5.41) is 2.50. The molecule has 13 rings (SSSR count). The second kappa shape index (κ2) is 15.1. The number of hydrogen-bond acceptors (Lipinski definition) is 1. The van der Waals surface area contributed by atoms with Crippen LogP contribution in [0.2, 0.25) is 0 Å². The number of anilines is 3. The van der Waals surface area contributed by atoms with Crippen molar-refractivity contribution in [1.29, 1.82) is 0 Å². The van der Waals surface area contributed by atoms with Crippen molar-refractivity contribution < 1.29 is 0 Å². The first kappa shape index (κ1) is 40.5. The van der Waals surface area contributed by atoms with E-state index in [0.29, 0.717) is 0 Å². The Bertz CT molecular complexity index is 3560. The molecule has 10 aromatic rings. The fraction of sp³-hybridized carbons (Fsp3) is 0.134. The Hall–Kier alpha value is -7.74. The Morgan fingerprint density at radius 1 is 0.294 bits per heavy atom. The molecule has 0 saturated heterocycles. The first-order chi connectivity index (χ1) is 33.2. The van der Waals surface area contributed by atoms with Crippen LogP contribution >= 0.6 is 0 Å². The Morgan fingerprint density at radius 3 is 1.38 bits per heavy atom. The summed E-state index contributed by atoms with van der Waals surface area (Å²) in [6.07, 6.45) is 2.34. The third-order valence-corrected chi connectivity index (χ3v) is 16.0. The van der Waals surface area contributed by atoms with Crippen molar-refractivity contribution in [3.63, 3.8) is 0 Å². The van der Waals surface area contributed by atoms with Crippen LogP contribution < -0.4 is 4.90 Å². The number of benzene rings is 10. The molecular weight excluding hydrogens is 819 g/mol. The van der Waals surface area contributed by atoms with Gasteiger partial charge in [0.2, 0.25) is 0 Å². The van der Waals surface area contributed by atoms with Gasteiger partial charge in [-0.1, -0.05) is 210 Å². The van der Waals surface area contributed by atoms with Gasteiger partial charge in [-0.3, -0.25) is 0 Å². The molecule has 1 heteroatoms. The van der Waals surface area contributed by atoms with Gasteiger partial charge in [0.1, 0.15) is 0 Å². The van der Waals surface area contributed by atoms with Gasteiger partial charge in [-0.25, -0.2) is 0 Å². The minimum absolute atomic E-state index is 0.0528. The molecule has 0 atom stereocenters. The van der Waals surface area contributed by atoms with E-state index >= 15 is 0 Å². The Morgan fingerprint density at radius 2 is 0.765 bits per heavy atom. The average molecular weight is 872 g/mol. The highest BCUT2D eigenvalue weighted by Crippen LogP contribution is 2.64. The summed E-state index contributed by atoms with van der Waals surface area (Å²) in [7, 11) is 0. The average Bonchev–Trinajstić information content (AvgIpc) is 3.85. The molecule has 0 unspecified atom stereocenters. The zero-order chi connectivity index (χ0) is 45.8.